The number of hydrogen-bond donors (Lipinski definition) is 1. The van der Waals surface area contributed by atoms with E-state index in [1.165, 1.54) is 24.1 Å². The first-order chi connectivity index (χ1) is 7.86. The molecule has 2 N–H and O–H groups in total. The topological polar surface area (TPSA) is 46.3 Å². The molecule has 3 nitrogen and oxygen atoms in total. The highest BCUT2D eigenvalue weighted by molar-refractivity contribution is 7.80. The highest BCUT2D eigenvalue weighted by atomic mass is 32.1. The number of nitrogens with two attached hydrogens (primary N) is 1. The van der Waals surface area contributed by atoms with Crippen LogP contribution < -0.4 is 5.73 Å². The molecule has 0 aliphatic carbocycles. The van der Waals surface area contributed by atoms with E-state index in [9.17, 15) is 13.6 Å². The van der Waals surface area contributed by atoms with Gasteiger partial charge in [0.15, 0.2) is 11.6 Å². The van der Waals surface area contributed by atoms with E-state index in [0.717, 1.165) is 6.07 Å². The normalized spacial score (nSPS) is 12.0. The molecule has 0 aliphatic rings. The van der Waals surface area contributed by atoms with Gasteiger partial charge in [-0.3, -0.25) is 4.79 Å². The molecule has 0 heterocycles. The number of likely N-dealkylation sites (N-methyl/N-ethyl adjacent to an activating group) is 1. The van der Waals surface area contributed by atoms with Crippen molar-refractivity contribution in [3.8, 4) is 0 Å². The number of carbonyl (C=O) groups excluding carboxylic acids is 1. The molecule has 0 saturated carbocycles. The zero-order valence-corrected chi connectivity index (χ0v) is 10.2. The second-order valence-electron chi connectivity index (χ2n) is 3.60. The number of thiocarbonyl (C=S) groups is 1. The Labute approximate surface area is 103 Å². The van der Waals surface area contributed by atoms with Gasteiger partial charge in [0, 0.05) is 7.05 Å². The summed E-state index contributed by atoms with van der Waals surface area (Å²) in [6.07, 6.45) is 0. The van der Waals surface area contributed by atoms with Crippen LogP contribution in [0.1, 0.15) is 17.3 Å². The Morgan fingerprint density at radius 1 is 1.47 bits per heavy atom. The van der Waals surface area contributed by atoms with Crippen LogP contribution in [0.3, 0.4) is 0 Å². The molecule has 1 rings (SSSR count). The smallest absolute Gasteiger partial charge is 0.257 e. The van der Waals surface area contributed by atoms with Gasteiger partial charge in [0.25, 0.3) is 5.91 Å². The van der Waals surface area contributed by atoms with Crippen LogP contribution in [-0.4, -0.2) is 28.9 Å². The first-order valence-electron chi connectivity index (χ1n) is 4.86. The van der Waals surface area contributed by atoms with Crippen molar-refractivity contribution < 1.29 is 13.6 Å². The Morgan fingerprint density at radius 2 is 2.06 bits per heavy atom. The molecule has 17 heavy (non-hydrogen) atoms. The average Bonchev–Trinajstić information content (AvgIpc) is 2.29. The molecule has 0 spiro atoms. The predicted octanol–water partition coefficient (Wildman–Crippen LogP) is 1.71. The quantitative estimate of drug-likeness (QED) is 0.840. The fourth-order valence-electron chi connectivity index (χ4n) is 1.23. The predicted molar refractivity (Wildman–Crippen MR) is 64.7 cm³/mol. The molecule has 1 unspecified atom stereocenters. The van der Waals surface area contributed by atoms with Gasteiger partial charge in [0.05, 0.1) is 16.6 Å². The van der Waals surface area contributed by atoms with Gasteiger partial charge in [-0.05, 0) is 19.1 Å². The van der Waals surface area contributed by atoms with Crippen LogP contribution in [0.5, 0.6) is 0 Å². The maximum Gasteiger partial charge on any atom is 0.257 e. The van der Waals surface area contributed by atoms with E-state index in [1.54, 1.807) is 6.92 Å². The monoisotopic (exact) mass is 258 g/mol. The minimum atomic E-state index is -1.17. The Morgan fingerprint density at radius 3 is 2.59 bits per heavy atom. The fourth-order valence-corrected chi connectivity index (χ4v) is 1.38. The van der Waals surface area contributed by atoms with Crippen LogP contribution in [0.2, 0.25) is 0 Å². The van der Waals surface area contributed by atoms with Gasteiger partial charge in [-0.1, -0.05) is 18.3 Å². The minimum Gasteiger partial charge on any atom is -0.392 e. The maximum absolute atomic E-state index is 13.4. The summed E-state index contributed by atoms with van der Waals surface area (Å²) in [4.78, 5) is 13.1. The van der Waals surface area contributed by atoms with Gasteiger partial charge in [-0.2, -0.15) is 0 Å². The van der Waals surface area contributed by atoms with Gasteiger partial charge < -0.3 is 10.6 Å². The number of hydrogen-bond acceptors (Lipinski definition) is 2. The molecule has 0 radical (unpaired) electrons. The molecular formula is C11H12F2N2OS. The first kappa shape index (κ1) is 13.5. The van der Waals surface area contributed by atoms with E-state index in [-0.39, 0.29) is 10.6 Å². The molecule has 1 aromatic carbocycles. The molecule has 6 heteroatoms. The number of rotatable bonds is 3. The highest BCUT2D eigenvalue weighted by Crippen LogP contribution is 2.14. The van der Waals surface area contributed by atoms with E-state index in [4.69, 9.17) is 18.0 Å². The SMILES string of the molecule is CC(C(N)=S)N(C)C(=O)c1cccc(F)c1F. The number of amides is 1. The van der Waals surface area contributed by atoms with Crippen LogP contribution >= 0.6 is 12.2 Å². The second kappa shape index (κ2) is 5.18. The van der Waals surface area contributed by atoms with Gasteiger partial charge in [0.1, 0.15) is 0 Å². The zero-order valence-electron chi connectivity index (χ0n) is 9.41. The minimum absolute atomic E-state index is 0.109. The highest BCUT2D eigenvalue weighted by Gasteiger charge is 2.23. The van der Waals surface area contributed by atoms with Crippen molar-refractivity contribution in [2.24, 2.45) is 5.73 Å². The molecule has 1 atom stereocenters. The average molecular weight is 258 g/mol. The van der Waals surface area contributed by atoms with E-state index in [2.05, 4.69) is 0 Å². The first-order valence-corrected chi connectivity index (χ1v) is 5.27. The molecule has 0 aromatic heterocycles. The third kappa shape index (κ3) is 2.76. The lowest BCUT2D eigenvalue weighted by atomic mass is 10.1. The van der Waals surface area contributed by atoms with Crippen molar-refractivity contribution >= 4 is 23.1 Å². The standard InChI is InChI=1S/C11H12F2N2OS/c1-6(10(14)17)15(2)11(16)7-4-3-5-8(12)9(7)13/h3-6H,1-2H3,(H2,14,17). The van der Waals surface area contributed by atoms with Crippen LogP contribution in [0.4, 0.5) is 8.78 Å². The van der Waals surface area contributed by atoms with Gasteiger partial charge in [0.2, 0.25) is 0 Å². The van der Waals surface area contributed by atoms with Crippen LogP contribution in [0.15, 0.2) is 18.2 Å². The van der Waals surface area contributed by atoms with E-state index in [1.807, 2.05) is 0 Å². The Kier molecular flexibility index (Phi) is 4.11. The van der Waals surface area contributed by atoms with Crippen LogP contribution in [0.25, 0.3) is 0 Å². The lowest BCUT2D eigenvalue weighted by Gasteiger charge is -2.24. The summed E-state index contributed by atoms with van der Waals surface area (Å²) in [5.74, 6) is -2.89. The largest absolute Gasteiger partial charge is 0.392 e. The van der Waals surface area contributed by atoms with Gasteiger partial charge in [-0.25, -0.2) is 8.78 Å². The summed E-state index contributed by atoms with van der Waals surface area (Å²) >= 11 is 4.74. The number of benzene rings is 1. The van der Waals surface area contributed by atoms with E-state index < -0.39 is 23.6 Å². The van der Waals surface area contributed by atoms with Crippen molar-refractivity contribution in [1.82, 2.24) is 4.90 Å². The molecular weight excluding hydrogens is 246 g/mol. The molecule has 92 valence electrons. The summed E-state index contributed by atoms with van der Waals surface area (Å²) < 4.78 is 26.4. The van der Waals surface area contributed by atoms with Crippen LogP contribution in [-0.2, 0) is 0 Å². The fraction of sp³-hybridized carbons (Fsp3) is 0.273. The van der Waals surface area contributed by atoms with Crippen molar-refractivity contribution in [2.75, 3.05) is 7.05 Å². The molecule has 1 aromatic rings. The second-order valence-corrected chi connectivity index (χ2v) is 4.07. The van der Waals surface area contributed by atoms with Crippen molar-refractivity contribution in [3.05, 3.63) is 35.4 Å². The Balaban J connectivity index is 3.05. The Hall–Kier alpha value is -1.56. The lowest BCUT2D eigenvalue weighted by Crippen LogP contribution is -2.43. The Bertz CT molecular complexity index is 465. The molecule has 0 bridgehead atoms. The number of halogens is 2. The molecule has 1 amide bonds. The zero-order chi connectivity index (χ0) is 13.2. The molecule has 0 fully saturated rings. The number of carbonyl (C=O) groups is 1. The van der Waals surface area contributed by atoms with Crippen LogP contribution in [0, 0.1) is 11.6 Å². The summed E-state index contributed by atoms with van der Waals surface area (Å²) in [6.45, 7) is 1.61. The van der Waals surface area contributed by atoms with Crippen molar-refractivity contribution in [3.63, 3.8) is 0 Å². The maximum atomic E-state index is 13.4. The van der Waals surface area contributed by atoms with Crippen molar-refractivity contribution in [2.45, 2.75) is 13.0 Å². The summed E-state index contributed by atoms with van der Waals surface area (Å²) in [5, 5.41) is 0. The molecule has 0 saturated heterocycles. The summed E-state index contributed by atoms with van der Waals surface area (Å²) in [7, 11) is 1.43. The third-order valence-corrected chi connectivity index (χ3v) is 2.84. The van der Waals surface area contributed by atoms with E-state index >= 15 is 0 Å². The van der Waals surface area contributed by atoms with Gasteiger partial charge in [-0.15, -0.1) is 0 Å². The molecule has 0 aliphatic heterocycles. The summed E-state index contributed by atoms with van der Waals surface area (Å²) in [6, 6.07) is 2.90. The van der Waals surface area contributed by atoms with Crippen molar-refractivity contribution in [1.29, 1.82) is 0 Å². The van der Waals surface area contributed by atoms with E-state index in [0.29, 0.717) is 0 Å². The lowest BCUT2D eigenvalue weighted by molar-refractivity contribution is 0.0773. The third-order valence-electron chi connectivity index (χ3n) is 2.50. The summed E-state index contributed by atoms with van der Waals surface area (Å²) in [5.41, 5.74) is 5.05. The van der Waals surface area contributed by atoms with Gasteiger partial charge >= 0.3 is 0 Å². The number of nitrogens with zero attached hydrogens (tertiary/aromatic N) is 1.